The van der Waals surface area contributed by atoms with E-state index in [1.165, 1.54) is 13.1 Å². The number of nitrogens with zero attached hydrogens (tertiary/aromatic N) is 1. The molecule has 4 nitrogen and oxygen atoms in total. The van der Waals surface area contributed by atoms with Crippen molar-refractivity contribution < 1.29 is 57.0 Å². The zero-order valence-electron chi connectivity index (χ0n) is 17.9. The summed E-state index contributed by atoms with van der Waals surface area (Å²) < 4.78 is 137. The highest BCUT2D eigenvalue weighted by atomic mass is 32.2. The van der Waals surface area contributed by atoms with Crippen molar-refractivity contribution in [3.8, 4) is 0 Å². The number of quaternary nitrogens is 1. The Kier molecular flexibility index (Phi) is 9.05. The molecule has 0 aromatic rings. The zero-order chi connectivity index (χ0) is 25.4. The lowest BCUT2D eigenvalue weighted by atomic mass is 9.91. The summed E-state index contributed by atoms with van der Waals surface area (Å²) in [5, 5.41) is -7.11. The van der Waals surface area contributed by atoms with Gasteiger partial charge in [0.25, 0.3) is 0 Å². The molecule has 0 aromatic carbocycles. The first kappa shape index (κ1) is 31.4. The molecule has 0 saturated heterocycles. The van der Waals surface area contributed by atoms with E-state index in [-0.39, 0.29) is 0 Å². The molecule has 0 radical (unpaired) electrons. The smallest absolute Gasteiger partial charge is 0.460 e. The molecule has 184 valence electrons. The fourth-order valence-corrected chi connectivity index (χ4v) is 3.58. The van der Waals surface area contributed by atoms with Gasteiger partial charge in [0.05, 0.1) is 27.2 Å². The van der Waals surface area contributed by atoms with Crippen LogP contribution in [-0.4, -0.2) is 67.9 Å². The predicted molar refractivity (Wildman–Crippen MR) is 91.3 cm³/mol. The van der Waals surface area contributed by atoms with Gasteiger partial charge < -0.3 is 9.04 Å². The Bertz CT molecular complexity index is 656. The molecule has 0 aliphatic rings. The summed E-state index contributed by atoms with van der Waals surface area (Å²) >= 11 is 0. The zero-order valence-corrected chi connectivity index (χ0v) is 18.7. The van der Waals surface area contributed by atoms with Gasteiger partial charge in [0.15, 0.2) is 10.1 Å². The Labute approximate surface area is 170 Å². The van der Waals surface area contributed by atoms with Gasteiger partial charge in [-0.3, -0.25) is 0 Å². The van der Waals surface area contributed by atoms with E-state index in [1.807, 2.05) is 0 Å². The highest BCUT2D eigenvalue weighted by molar-refractivity contribution is 7.86. The van der Waals surface area contributed by atoms with E-state index in [0.29, 0.717) is 10.8 Å². The van der Waals surface area contributed by atoms with E-state index in [4.69, 9.17) is 0 Å². The van der Waals surface area contributed by atoms with Crippen molar-refractivity contribution in [3.05, 3.63) is 0 Å². The van der Waals surface area contributed by atoms with Crippen molar-refractivity contribution in [2.24, 2.45) is 10.8 Å². The SMILES string of the molecule is CC(C)(C)C[N+](C)(C)CC(C)(C)C.O=S(=O)([O-])C(F)(F)C(F)(F)C(F)(F)C(F)(F)F. The van der Waals surface area contributed by atoms with Gasteiger partial charge in [0.2, 0.25) is 0 Å². The molecule has 0 fully saturated rings. The molecule has 0 N–H and O–H groups in total. The molecule has 0 aliphatic carbocycles. The third-order valence-corrected chi connectivity index (χ3v) is 4.12. The number of hydrogen-bond acceptors (Lipinski definition) is 3. The lowest BCUT2D eigenvalue weighted by Gasteiger charge is -2.39. The minimum Gasteiger partial charge on any atom is -0.743 e. The minimum atomic E-state index is -7.43. The standard InChI is InChI=1S/C12H28N.C4HF9O3S/c1-11(2,3)9-13(7,8)10-12(4,5)6;5-1(6,3(9,10)11)2(7,8)4(12,13)17(14,15)16/h9-10H2,1-8H3;(H,14,15,16)/q+1;/p-1. The normalized spacial score (nSPS) is 15.5. The number of halogens is 9. The molecule has 0 spiro atoms. The lowest BCUT2D eigenvalue weighted by molar-refractivity contribution is -0.902. The van der Waals surface area contributed by atoms with Gasteiger partial charge in [-0.1, -0.05) is 41.5 Å². The van der Waals surface area contributed by atoms with Crippen LogP contribution < -0.4 is 0 Å². The summed E-state index contributed by atoms with van der Waals surface area (Å²) in [6.07, 6.45) is -7.16. The molecule has 30 heavy (non-hydrogen) atoms. The molecular weight excluding hydrogens is 457 g/mol. The van der Waals surface area contributed by atoms with Gasteiger partial charge in [-0.15, -0.1) is 0 Å². The van der Waals surface area contributed by atoms with Crippen LogP contribution >= 0.6 is 0 Å². The first-order valence-electron chi connectivity index (χ1n) is 8.39. The van der Waals surface area contributed by atoms with Crippen molar-refractivity contribution in [3.63, 3.8) is 0 Å². The Morgan fingerprint density at radius 2 is 0.933 bits per heavy atom. The van der Waals surface area contributed by atoms with Crippen LogP contribution in [-0.2, 0) is 10.1 Å². The Morgan fingerprint density at radius 3 is 1.10 bits per heavy atom. The van der Waals surface area contributed by atoms with Crippen LogP contribution in [0.5, 0.6) is 0 Å². The average Bonchev–Trinajstić information content (AvgIpc) is 2.29. The Morgan fingerprint density at radius 1 is 0.667 bits per heavy atom. The molecular formula is C16H28F9NO3S. The monoisotopic (exact) mass is 485 g/mol. The highest BCUT2D eigenvalue weighted by Gasteiger charge is 2.83. The first-order chi connectivity index (χ1) is 12.4. The Hall–Kier alpha value is -0.760. The van der Waals surface area contributed by atoms with Crippen LogP contribution in [0.3, 0.4) is 0 Å². The topological polar surface area (TPSA) is 57.2 Å². The van der Waals surface area contributed by atoms with Gasteiger partial charge in [-0.25, -0.2) is 8.42 Å². The van der Waals surface area contributed by atoms with Crippen LogP contribution in [0.4, 0.5) is 39.5 Å². The predicted octanol–water partition coefficient (Wildman–Crippen LogP) is 5.11. The average molecular weight is 485 g/mol. The van der Waals surface area contributed by atoms with E-state index >= 15 is 0 Å². The molecule has 0 heterocycles. The molecule has 14 heteroatoms. The molecule has 0 rings (SSSR count). The summed E-state index contributed by atoms with van der Waals surface area (Å²) in [7, 11) is -2.76. The molecule has 0 unspecified atom stereocenters. The maximum Gasteiger partial charge on any atom is 0.460 e. The van der Waals surface area contributed by atoms with E-state index in [2.05, 4.69) is 55.6 Å². The maximum absolute atomic E-state index is 12.2. The number of alkyl halides is 9. The van der Waals surface area contributed by atoms with Gasteiger partial charge in [-0.2, -0.15) is 39.5 Å². The van der Waals surface area contributed by atoms with E-state index < -0.39 is 33.4 Å². The van der Waals surface area contributed by atoms with Crippen LogP contribution in [0.1, 0.15) is 41.5 Å². The largest absolute Gasteiger partial charge is 0.743 e. The second kappa shape index (κ2) is 8.64. The summed E-state index contributed by atoms with van der Waals surface area (Å²) in [5.41, 5.74) is 0.851. The molecule has 0 aliphatic heterocycles. The van der Waals surface area contributed by atoms with Crippen molar-refractivity contribution in [2.75, 3.05) is 27.2 Å². The molecule has 0 aromatic heterocycles. The third kappa shape index (κ3) is 8.40. The molecule has 0 atom stereocenters. The summed E-state index contributed by atoms with van der Waals surface area (Å²) in [4.78, 5) is 0. The maximum atomic E-state index is 12.2. The molecule has 0 amide bonds. The van der Waals surface area contributed by atoms with Crippen LogP contribution in [0, 0.1) is 10.8 Å². The third-order valence-electron chi connectivity index (χ3n) is 3.23. The Balaban J connectivity index is 0. The van der Waals surface area contributed by atoms with Gasteiger partial charge in [0.1, 0.15) is 0 Å². The van der Waals surface area contributed by atoms with E-state index in [1.54, 1.807) is 0 Å². The van der Waals surface area contributed by atoms with Crippen LogP contribution in [0.15, 0.2) is 0 Å². The van der Waals surface area contributed by atoms with Crippen LogP contribution in [0.2, 0.25) is 0 Å². The number of hydrogen-bond donors (Lipinski definition) is 0. The van der Waals surface area contributed by atoms with Crippen molar-refractivity contribution in [2.45, 2.75) is 64.8 Å². The highest BCUT2D eigenvalue weighted by Crippen LogP contribution is 2.54. The van der Waals surface area contributed by atoms with Gasteiger partial charge >= 0.3 is 23.3 Å². The fraction of sp³-hybridized carbons (Fsp3) is 1.00. The quantitative estimate of drug-likeness (QED) is 0.309. The van der Waals surface area contributed by atoms with Crippen molar-refractivity contribution >= 4 is 10.1 Å². The second-order valence-electron chi connectivity index (χ2n) is 9.99. The molecule has 0 bridgehead atoms. The van der Waals surface area contributed by atoms with E-state index in [0.717, 1.165) is 4.48 Å². The number of rotatable bonds is 5. The summed E-state index contributed by atoms with van der Waals surface area (Å²) in [6, 6.07) is 0. The van der Waals surface area contributed by atoms with Crippen molar-refractivity contribution in [1.82, 2.24) is 0 Å². The fourth-order valence-electron chi connectivity index (χ4n) is 3.14. The van der Waals surface area contributed by atoms with Gasteiger partial charge in [-0.05, 0) is 0 Å². The summed E-state index contributed by atoms with van der Waals surface area (Å²) in [6.45, 7) is 16.4. The van der Waals surface area contributed by atoms with E-state index in [9.17, 15) is 52.5 Å². The second-order valence-corrected chi connectivity index (χ2v) is 11.4. The van der Waals surface area contributed by atoms with Crippen molar-refractivity contribution in [1.29, 1.82) is 0 Å². The minimum absolute atomic E-state index is 0.425. The molecule has 0 saturated carbocycles. The van der Waals surface area contributed by atoms with Crippen LogP contribution in [0.25, 0.3) is 0 Å². The van der Waals surface area contributed by atoms with Gasteiger partial charge in [0, 0.05) is 10.8 Å². The summed E-state index contributed by atoms with van der Waals surface area (Å²) in [5.74, 6) is -14.8. The first-order valence-corrected chi connectivity index (χ1v) is 9.80. The lowest BCUT2D eigenvalue weighted by Crippen LogP contribution is -2.63.